The van der Waals surface area contributed by atoms with Crippen LogP contribution in [-0.4, -0.2) is 25.5 Å². The van der Waals surface area contributed by atoms with E-state index in [0.717, 1.165) is 16.9 Å². The van der Waals surface area contributed by atoms with Crippen molar-refractivity contribution in [3.05, 3.63) is 42.4 Å². The summed E-state index contributed by atoms with van der Waals surface area (Å²) in [6.07, 6.45) is 5.44. The van der Waals surface area contributed by atoms with Gasteiger partial charge in [0, 0.05) is 23.8 Å². The molecule has 0 aliphatic carbocycles. The van der Waals surface area contributed by atoms with Crippen molar-refractivity contribution < 1.29 is 4.79 Å². The summed E-state index contributed by atoms with van der Waals surface area (Å²) in [5.74, 6) is 0.518. The molecule has 0 radical (unpaired) electrons. The van der Waals surface area contributed by atoms with E-state index in [2.05, 4.69) is 25.7 Å². The lowest BCUT2D eigenvalue weighted by molar-refractivity contribution is -0.115. The van der Waals surface area contributed by atoms with E-state index in [-0.39, 0.29) is 5.91 Å². The van der Waals surface area contributed by atoms with E-state index in [9.17, 15) is 4.79 Å². The molecule has 0 atom stereocenters. The maximum absolute atomic E-state index is 11.3. The van der Waals surface area contributed by atoms with E-state index >= 15 is 0 Å². The van der Waals surface area contributed by atoms with Crippen LogP contribution in [-0.2, 0) is 11.2 Å². The Morgan fingerprint density at radius 1 is 1.35 bits per heavy atom. The van der Waals surface area contributed by atoms with Gasteiger partial charge in [-0.1, -0.05) is 0 Å². The molecule has 4 rings (SSSR count). The van der Waals surface area contributed by atoms with Gasteiger partial charge in [-0.3, -0.25) is 9.78 Å². The number of hydrogen-bond acceptors (Lipinski definition) is 5. The Labute approximate surface area is 113 Å². The summed E-state index contributed by atoms with van der Waals surface area (Å²) in [4.78, 5) is 19.6. The third kappa shape index (κ3) is 1.76. The number of amides is 1. The molecule has 7 heteroatoms. The lowest BCUT2D eigenvalue weighted by Gasteiger charge is -2.04. The Morgan fingerprint density at radius 3 is 3.20 bits per heavy atom. The first-order valence-corrected chi connectivity index (χ1v) is 6.14. The second-order valence-corrected chi connectivity index (χ2v) is 4.54. The molecule has 98 valence electrons. The number of benzene rings is 1. The zero-order valence-electron chi connectivity index (χ0n) is 10.4. The van der Waals surface area contributed by atoms with Crippen LogP contribution in [0.15, 0.2) is 36.8 Å². The first-order chi connectivity index (χ1) is 9.78. The zero-order chi connectivity index (χ0) is 13.5. The number of nitrogens with one attached hydrogen (secondary N) is 2. The van der Waals surface area contributed by atoms with Crippen molar-refractivity contribution >= 4 is 28.9 Å². The molecular formula is C13H10N6O. The van der Waals surface area contributed by atoms with Crippen LogP contribution in [0.5, 0.6) is 0 Å². The number of hydrogen-bond donors (Lipinski definition) is 2. The van der Waals surface area contributed by atoms with Gasteiger partial charge in [0.1, 0.15) is 0 Å². The molecule has 0 unspecified atom stereocenters. The van der Waals surface area contributed by atoms with E-state index in [0.29, 0.717) is 18.0 Å². The number of rotatable bonds is 2. The minimum atomic E-state index is 0.0223. The zero-order valence-corrected chi connectivity index (χ0v) is 10.4. The SMILES string of the molecule is O=C1Cc2cc(Nc3nc4cnccn4n3)ccc2N1. The van der Waals surface area contributed by atoms with Gasteiger partial charge in [0.25, 0.3) is 0 Å². The van der Waals surface area contributed by atoms with Crippen molar-refractivity contribution in [1.82, 2.24) is 19.6 Å². The standard InChI is InChI=1S/C13H10N6O/c20-12-6-8-5-9(1-2-10(8)16-12)15-13-17-11-7-14-3-4-19(11)18-13/h1-5,7H,6H2,(H,15,18)(H,16,20). The van der Waals surface area contributed by atoms with Crippen LogP contribution in [0.2, 0.25) is 0 Å². The molecule has 0 saturated heterocycles. The molecule has 0 saturated carbocycles. The van der Waals surface area contributed by atoms with Crippen LogP contribution in [0.1, 0.15) is 5.56 Å². The topological polar surface area (TPSA) is 84.2 Å². The van der Waals surface area contributed by atoms with Crippen molar-refractivity contribution in [3.63, 3.8) is 0 Å². The lowest BCUT2D eigenvalue weighted by Crippen LogP contribution is -2.03. The fraction of sp³-hybridized carbons (Fsp3) is 0.0769. The molecule has 7 nitrogen and oxygen atoms in total. The minimum absolute atomic E-state index is 0.0223. The molecule has 0 bridgehead atoms. The summed E-state index contributed by atoms with van der Waals surface area (Å²) in [6.45, 7) is 0. The molecule has 20 heavy (non-hydrogen) atoms. The van der Waals surface area contributed by atoms with Gasteiger partial charge in [0.15, 0.2) is 5.65 Å². The Kier molecular flexibility index (Phi) is 2.19. The Hall–Kier alpha value is -2.96. The second kappa shape index (κ2) is 4.02. The summed E-state index contributed by atoms with van der Waals surface area (Å²) in [6, 6.07) is 5.69. The van der Waals surface area contributed by atoms with E-state index in [1.54, 1.807) is 23.1 Å². The van der Waals surface area contributed by atoms with Gasteiger partial charge >= 0.3 is 0 Å². The van der Waals surface area contributed by atoms with Gasteiger partial charge in [-0.05, 0) is 23.8 Å². The predicted octanol–water partition coefficient (Wildman–Crippen LogP) is 1.36. The monoisotopic (exact) mass is 266 g/mol. The highest BCUT2D eigenvalue weighted by molar-refractivity contribution is 5.99. The summed E-state index contributed by atoms with van der Waals surface area (Å²) >= 11 is 0. The largest absolute Gasteiger partial charge is 0.326 e. The normalized spacial score (nSPS) is 13.3. The summed E-state index contributed by atoms with van der Waals surface area (Å²) in [7, 11) is 0. The minimum Gasteiger partial charge on any atom is -0.326 e. The summed E-state index contributed by atoms with van der Waals surface area (Å²) < 4.78 is 1.65. The summed E-state index contributed by atoms with van der Waals surface area (Å²) in [5.41, 5.74) is 3.37. The molecule has 0 fully saturated rings. The molecule has 1 aromatic carbocycles. The fourth-order valence-corrected chi connectivity index (χ4v) is 2.23. The third-order valence-corrected chi connectivity index (χ3v) is 3.13. The van der Waals surface area contributed by atoms with E-state index in [1.165, 1.54) is 0 Å². The maximum Gasteiger partial charge on any atom is 0.247 e. The molecule has 1 amide bonds. The van der Waals surface area contributed by atoms with E-state index < -0.39 is 0 Å². The molecule has 1 aliphatic rings. The van der Waals surface area contributed by atoms with Gasteiger partial charge < -0.3 is 10.6 Å². The average molecular weight is 266 g/mol. The van der Waals surface area contributed by atoms with Crippen LogP contribution >= 0.6 is 0 Å². The quantitative estimate of drug-likeness (QED) is 0.731. The number of carbonyl (C=O) groups excluding carboxylic acids is 1. The smallest absolute Gasteiger partial charge is 0.247 e. The molecule has 0 spiro atoms. The maximum atomic E-state index is 11.3. The number of carbonyl (C=O) groups is 1. The van der Waals surface area contributed by atoms with Crippen molar-refractivity contribution in [3.8, 4) is 0 Å². The number of nitrogens with zero attached hydrogens (tertiary/aromatic N) is 4. The average Bonchev–Trinajstić information content (AvgIpc) is 2.99. The van der Waals surface area contributed by atoms with Crippen LogP contribution in [0.3, 0.4) is 0 Å². The molecule has 2 N–H and O–H groups in total. The van der Waals surface area contributed by atoms with E-state index in [4.69, 9.17) is 0 Å². The van der Waals surface area contributed by atoms with Crippen molar-refractivity contribution in [2.75, 3.05) is 10.6 Å². The molecule has 3 aromatic rings. The predicted molar refractivity (Wildman–Crippen MR) is 72.8 cm³/mol. The van der Waals surface area contributed by atoms with Gasteiger partial charge in [-0.15, -0.1) is 5.10 Å². The third-order valence-electron chi connectivity index (χ3n) is 3.13. The second-order valence-electron chi connectivity index (χ2n) is 4.54. The fourth-order valence-electron chi connectivity index (χ4n) is 2.23. The van der Waals surface area contributed by atoms with Crippen LogP contribution in [0, 0.1) is 0 Å². The lowest BCUT2D eigenvalue weighted by atomic mass is 10.1. The van der Waals surface area contributed by atoms with E-state index in [1.807, 2.05) is 18.2 Å². The highest BCUT2D eigenvalue weighted by atomic mass is 16.1. The van der Waals surface area contributed by atoms with Crippen LogP contribution < -0.4 is 10.6 Å². The Bertz CT molecular complexity index is 792. The van der Waals surface area contributed by atoms with Crippen LogP contribution in [0.4, 0.5) is 17.3 Å². The molecule has 3 heterocycles. The van der Waals surface area contributed by atoms with Gasteiger partial charge in [-0.2, -0.15) is 4.98 Å². The Morgan fingerprint density at radius 2 is 2.30 bits per heavy atom. The number of anilines is 3. The van der Waals surface area contributed by atoms with Gasteiger partial charge in [0.2, 0.25) is 11.9 Å². The molecule has 2 aromatic heterocycles. The highest BCUT2D eigenvalue weighted by Crippen LogP contribution is 2.27. The summed E-state index contributed by atoms with van der Waals surface area (Å²) in [5, 5.41) is 10.2. The number of aromatic nitrogens is 4. The number of fused-ring (bicyclic) bond motifs is 2. The van der Waals surface area contributed by atoms with Gasteiger partial charge in [-0.25, -0.2) is 4.52 Å². The first kappa shape index (κ1) is 10.9. The van der Waals surface area contributed by atoms with Crippen molar-refractivity contribution in [1.29, 1.82) is 0 Å². The van der Waals surface area contributed by atoms with Crippen molar-refractivity contribution in [2.45, 2.75) is 6.42 Å². The highest BCUT2D eigenvalue weighted by Gasteiger charge is 2.17. The first-order valence-electron chi connectivity index (χ1n) is 6.14. The van der Waals surface area contributed by atoms with Gasteiger partial charge in [0.05, 0.1) is 12.6 Å². The molecular weight excluding hydrogens is 256 g/mol. The van der Waals surface area contributed by atoms with Crippen LogP contribution in [0.25, 0.3) is 5.65 Å². The Balaban J connectivity index is 1.66. The molecule has 1 aliphatic heterocycles. The van der Waals surface area contributed by atoms with Crippen molar-refractivity contribution in [2.24, 2.45) is 0 Å².